The van der Waals surface area contributed by atoms with Gasteiger partial charge >= 0.3 is 29.2 Å². The molecule has 0 aliphatic carbocycles. The third kappa shape index (κ3) is 6.16. The molecule has 21 heteroatoms. The van der Waals surface area contributed by atoms with Gasteiger partial charge in [0.05, 0.1) is 5.69 Å². The van der Waals surface area contributed by atoms with Crippen molar-refractivity contribution in [3.05, 3.63) is 32.3 Å². The Bertz CT molecular complexity index is 1220. The number of ether oxygens (including phenoxy) is 1. The highest BCUT2D eigenvalue weighted by molar-refractivity contribution is 7.66. The van der Waals surface area contributed by atoms with Gasteiger partial charge in [-0.2, -0.15) is 13.0 Å². The summed E-state index contributed by atoms with van der Waals surface area (Å²) in [7, 11) is -17.3. The number of halogens is 2. The number of phosphoric acid groups is 3. The Hall–Kier alpha value is -1.13. The van der Waals surface area contributed by atoms with Crippen LogP contribution < -0.4 is 11.2 Å². The molecule has 0 spiro atoms. The van der Waals surface area contributed by atoms with Crippen LogP contribution in [0.3, 0.4) is 0 Å². The maximum Gasteiger partial charge on any atom is 0.490 e. The minimum absolute atomic E-state index is 0.348. The van der Waals surface area contributed by atoms with E-state index >= 15 is 4.39 Å². The van der Waals surface area contributed by atoms with Crippen LogP contribution in [0.25, 0.3) is 0 Å². The number of phosphoric ester groups is 1. The van der Waals surface area contributed by atoms with Crippen molar-refractivity contribution in [3.63, 3.8) is 0 Å². The van der Waals surface area contributed by atoms with Gasteiger partial charge in [0.15, 0.2) is 11.9 Å². The molecule has 0 saturated carbocycles. The zero-order chi connectivity index (χ0) is 26.7. The van der Waals surface area contributed by atoms with Gasteiger partial charge in [-0.25, -0.2) is 22.9 Å². The van der Waals surface area contributed by atoms with Crippen LogP contribution in [0.1, 0.15) is 32.7 Å². The number of hydrogen-bond acceptors (Lipinski definition) is 10. The highest BCUT2D eigenvalue weighted by atomic mass is 31.3. The van der Waals surface area contributed by atoms with Gasteiger partial charge in [0.25, 0.3) is 5.56 Å². The normalized spacial score (nSPS) is 29.6. The van der Waals surface area contributed by atoms with E-state index in [1.165, 1.54) is 0 Å². The molecule has 6 N–H and O–H groups in total. The summed E-state index contributed by atoms with van der Waals surface area (Å²) in [5, 5.41) is 10.5. The Kier molecular flexibility index (Phi) is 7.76. The van der Waals surface area contributed by atoms with Crippen LogP contribution in [0.15, 0.2) is 9.59 Å². The predicted molar refractivity (Wildman–Crippen MR) is 104 cm³/mol. The van der Waals surface area contributed by atoms with Gasteiger partial charge in [0.2, 0.25) is 5.82 Å². The highest BCUT2D eigenvalue weighted by Crippen LogP contribution is 2.67. The van der Waals surface area contributed by atoms with E-state index < -0.39 is 75.9 Å². The zero-order valence-corrected chi connectivity index (χ0v) is 20.4. The second kappa shape index (κ2) is 9.07. The standard InChI is InChI=1S/C13H21F2N2O14P3/c1-5-6(14)9(19)16-11(20)17(5)10-13(4,15)7(18)8(28-10)12(2,3)29-33(24,25)31-34(26,27)30-32(21,22)23/h7-8,10,18H,1-4H3,(H,24,25)(H,26,27)(H,16,19,20)(H2,21,22,23)/t7?,8-,10+,13+/m0/s1. The minimum Gasteiger partial charge on any atom is -0.387 e. The van der Waals surface area contributed by atoms with E-state index in [2.05, 4.69) is 13.1 Å². The van der Waals surface area contributed by atoms with Crippen molar-refractivity contribution in [2.24, 2.45) is 0 Å². The maximum absolute atomic E-state index is 15.5. The van der Waals surface area contributed by atoms with Gasteiger partial charge in [-0.3, -0.25) is 18.9 Å². The Morgan fingerprint density at radius 1 is 1.12 bits per heavy atom. The maximum atomic E-state index is 15.5. The Morgan fingerprint density at radius 3 is 2.15 bits per heavy atom. The summed E-state index contributed by atoms with van der Waals surface area (Å²) >= 11 is 0. The zero-order valence-electron chi connectivity index (χ0n) is 17.7. The summed E-state index contributed by atoms with van der Waals surface area (Å²) in [6.07, 6.45) is -6.30. The van der Waals surface area contributed by atoms with Gasteiger partial charge in [-0.1, -0.05) is 0 Å². The Morgan fingerprint density at radius 2 is 1.65 bits per heavy atom. The number of nitrogens with one attached hydrogen (secondary N) is 1. The van der Waals surface area contributed by atoms with Crippen LogP contribution in [0, 0.1) is 12.7 Å². The van der Waals surface area contributed by atoms with Crippen LogP contribution in [-0.2, 0) is 31.6 Å². The molecule has 16 nitrogen and oxygen atoms in total. The lowest BCUT2D eigenvalue weighted by Gasteiger charge is -2.34. The Labute approximate surface area is 188 Å². The fraction of sp³-hybridized carbons (Fsp3) is 0.692. The molecule has 196 valence electrons. The lowest BCUT2D eigenvalue weighted by molar-refractivity contribution is -0.120. The third-order valence-electron chi connectivity index (χ3n) is 4.63. The van der Waals surface area contributed by atoms with Crippen LogP contribution >= 0.6 is 23.5 Å². The number of aromatic nitrogens is 2. The van der Waals surface area contributed by atoms with Gasteiger partial charge in [-0.05, 0) is 27.7 Å². The second-order valence-electron chi connectivity index (χ2n) is 7.82. The highest BCUT2D eigenvalue weighted by Gasteiger charge is 2.61. The lowest BCUT2D eigenvalue weighted by atomic mass is 9.90. The van der Waals surface area contributed by atoms with Crippen LogP contribution in [0.2, 0.25) is 0 Å². The smallest absolute Gasteiger partial charge is 0.387 e. The molecule has 1 saturated heterocycles. The molecule has 0 aromatic carbocycles. The van der Waals surface area contributed by atoms with Crippen molar-refractivity contribution in [2.45, 2.75) is 57.4 Å². The predicted octanol–water partition coefficient (Wildman–Crippen LogP) is 0.0925. The number of nitrogens with zero attached hydrogens (tertiary/aromatic N) is 1. The first-order valence-corrected chi connectivity index (χ1v) is 13.4. The summed E-state index contributed by atoms with van der Waals surface area (Å²) in [5.74, 6) is -1.45. The number of aliphatic hydroxyl groups excluding tert-OH is 1. The molecule has 1 aliphatic heterocycles. The Balaban J connectivity index is 2.39. The van der Waals surface area contributed by atoms with Gasteiger partial charge in [0.1, 0.15) is 17.8 Å². The van der Waals surface area contributed by atoms with Crippen LogP contribution in [0.5, 0.6) is 0 Å². The van der Waals surface area contributed by atoms with Crippen LogP contribution in [-0.4, -0.2) is 57.7 Å². The van der Waals surface area contributed by atoms with E-state index in [1.54, 1.807) is 4.98 Å². The van der Waals surface area contributed by atoms with Crippen molar-refractivity contribution in [3.8, 4) is 0 Å². The molecule has 1 fully saturated rings. The summed E-state index contributed by atoms with van der Waals surface area (Å²) in [6, 6.07) is 0. The first kappa shape index (κ1) is 29.1. The van der Waals surface area contributed by atoms with E-state index in [1.807, 2.05) is 0 Å². The molecular weight excluding hydrogens is 539 g/mol. The van der Waals surface area contributed by atoms with E-state index in [0.29, 0.717) is 4.57 Å². The average molecular weight is 560 g/mol. The van der Waals surface area contributed by atoms with E-state index in [4.69, 9.17) is 14.5 Å². The minimum atomic E-state index is -5.88. The summed E-state index contributed by atoms with van der Waals surface area (Å²) < 4.78 is 81.4. The van der Waals surface area contributed by atoms with Crippen molar-refractivity contribution in [2.75, 3.05) is 0 Å². The number of alkyl halides is 1. The largest absolute Gasteiger partial charge is 0.490 e. The number of aliphatic hydroxyl groups is 1. The fourth-order valence-corrected chi connectivity index (χ4v) is 6.55. The topological polar surface area (TPSA) is 244 Å². The third-order valence-corrected chi connectivity index (χ3v) is 8.66. The van der Waals surface area contributed by atoms with Crippen molar-refractivity contribution < 1.29 is 65.0 Å². The average Bonchev–Trinajstić information content (AvgIpc) is 2.80. The molecule has 1 aromatic rings. The molecule has 0 amide bonds. The first-order chi connectivity index (χ1) is 15.0. The summed E-state index contributed by atoms with van der Waals surface area (Å²) in [6.45, 7) is 3.52. The molecular formula is C13H21F2N2O14P3. The number of H-pyrrole nitrogens is 1. The summed E-state index contributed by atoms with van der Waals surface area (Å²) in [5.41, 5.74) is -8.56. The lowest BCUT2D eigenvalue weighted by Crippen LogP contribution is -2.49. The molecule has 2 heterocycles. The summed E-state index contributed by atoms with van der Waals surface area (Å²) in [4.78, 5) is 61.3. The van der Waals surface area contributed by atoms with E-state index in [9.17, 15) is 42.6 Å². The molecule has 2 rings (SSSR count). The van der Waals surface area contributed by atoms with E-state index in [0.717, 1.165) is 27.7 Å². The monoisotopic (exact) mass is 560 g/mol. The molecule has 1 aromatic heterocycles. The van der Waals surface area contributed by atoms with Gasteiger partial charge < -0.3 is 29.4 Å². The molecule has 0 bridgehead atoms. The first-order valence-electron chi connectivity index (χ1n) is 8.89. The molecule has 3 unspecified atom stereocenters. The molecule has 0 radical (unpaired) electrons. The van der Waals surface area contributed by atoms with Crippen LogP contribution in [0.4, 0.5) is 8.78 Å². The van der Waals surface area contributed by atoms with Crippen molar-refractivity contribution in [1.82, 2.24) is 9.55 Å². The van der Waals surface area contributed by atoms with Crippen molar-refractivity contribution >= 4 is 23.5 Å². The quantitative estimate of drug-likeness (QED) is 0.231. The number of aromatic amines is 1. The second-order valence-corrected chi connectivity index (χ2v) is 12.2. The number of hydrogen-bond donors (Lipinski definition) is 6. The van der Waals surface area contributed by atoms with Gasteiger partial charge in [0, 0.05) is 0 Å². The molecule has 1 aliphatic rings. The molecule has 6 atom stereocenters. The van der Waals surface area contributed by atoms with Crippen molar-refractivity contribution in [1.29, 1.82) is 0 Å². The van der Waals surface area contributed by atoms with Gasteiger partial charge in [-0.15, -0.1) is 0 Å². The number of rotatable bonds is 8. The molecule has 34 heavy (non-hydrogen) atoms. The van der Waals surface area contributed by atoms with E-state index in [-0.39, 0.29) is 0 Å². The SMILES string of the molecule is Cc1c(F)c(=O)[nH]c(=O)n1[C@@H]1O[C@H](C(C)(C)OP(=O)(O)OP(=O)(O)OP(=O)(O)O)C(O)[C@@]1(C)F. The fourth-order valence-electron chi connectivity index (χ4n) is 3.21.